The number of aromatic nitrogens is 6. The van der Waals surface area contributed by atoms with E-state index in [0.717, 1.165) is 166 Å². The summed E-state index contributed by atoms with van der Waals surface area (Å²) in [4.78, 5) is 118. The van der Waals surface area contributed by atoms with E-state index in [4.69, 9.17) is 13.9 Å². The second-order valence-electron chi connectivity index (χ2n) is 29.6. The first-order valence-electron chi connectivity index (χ1n) is 40.0. The predicted octanol–water partition coefficient (Wildman–Crippen LogP) is 21.9. The van der Waals surface area contributed by atoms with Gasteiger partial charge in [0.25, 0.3) is 33.4 Å². The molecule has 22 nitrogen and oxygen atoms in total. The maximum Gasteiger partial charge on any atom is 0.293 e. The summed E-state index contributed by atoms with van der Waals surface area (Å²) in [5, 5.41) is 26.4. The number of ketones is 3. The van der Waals surface area contributed by atoms with Crippen LogP contribution in [0.4, 0.5) is 38.9 Å². The number of rotatable bonds is 34. The minimum atomic E-state index is -0.360. The number of aryl methyl sites for hydroxylation is 3. The van der Waals surface area contributed by atoms with Crippen molar-refractivity contribution in [2.75, 3.05) is 25.0 Å². The molecule has 1 N–H and O–H groups in total. The van der Waals surface area contributed by atoms with Gasteiger partial charge in [-0.15, -0.1) is 0 Å². The third-order valence-electron chi connectivity index (χ3n) is 20.8. The molecule has 0 radical (unpaired) electrons. The normalized spacial score (nSPS) is 14.5. The van der Waals surface area contributed by atoms with Gasteiger partial charge in [0.05, 0.1) is 20.4 Å². The van der Waals surface area contributed by atoms with E-state index >= 15 is 0 Å². The van der Waals surface area contributed by atoms with Gasteiger partial charge in [-0.2, -0.15) is 0 Å². The van der Waals surface area contributed by atoms with E-state index in [0.29, 0.717) is 136 Å². The van der Waals surface area contributed by atoms with Crippen LogP contribution < -0.4 is 5.32 Å². The summed E-state index contributed by atoms with van der Waals surface area (Å²) in [6.45, 7) is 6.91. The molecule has 6 heterocycles. The molecular weight excluding hydrogens is 1600 g/mol. The number of para-hydroxylation sites is 1. The van der Waals surface area contributed by atoms with E-state index in [1.54, 1.807) is 54.6 Å². The van der Waals surface area contributed by atoms with Gasteiger partial charge < -0.3 is 5.32 Å². The standard InChI is InChI=1S/C32H30FN3O4S.C31H29FN4O4S.C30H26FN3O4S/c1-21-8-13-25(30-29(21)34-40-35-30)19-22-9-14-24(15-10-22)27(37)7-5-3-2-4-6-18-36-31(38)28(41-32(36)39)20-23-11-16-26(33)17-12-23;1-20-12-17-25(29-28(20)34-40-35-29)33-24-10-7-6-9-23(24)26(37)11-5-3-2-4-8-18-36-30(38)27(41-31(36)39)19-21-13-15-22(32)16-14-21;1-19-6-11-23(28-27(19)32-38-33-28)17-20-7-12-22(13-8-20)25(35)5-3-2-4-16-34-29(36)26(39-30(34)37)18-21-9-14-24(31)15-10-21/h8-17,20H,2-7,18-19H2,1H3;6-7,9-10,12-17,19,33H,2-5,8,11,18H2,1H3;6-15,18H,2-5,16-17H2,1H3/b28-20-;27-19-;26-18-. The molecule has 6 amide bonds. The second-order valence-corrected chi connectivity index (χ2v) is 32.6. The summed E-state index contributed by atoms with van der Waals surface area (Å²) in [5.41, 5.74) is 17.0. The Morgan fingerprint density at radius 3 is 1.07 bits per heavy atom. The number of Topliss-reactive ketones (excluding diaryl/α,β-unsaturated/α-hetero) is 3. The molecule has 28 heteroatoms. The Hall–Kier alpha value is -12.5. The van der Waals surface area contributed by atoms with Gasteiger partial charge in [0.2, 0.25) is 0 Å². The van der Waals surface area contributed by atoms with Crippen molar-refractivity contribution in [1.82, 2.24) is 45.6 Å². The van der Waals surface area contributed by atoms with Crippen molar-refractivity contribution in [3.8, 4) is 0 Å². The number of halogens is 3. The zero-order chi connectivity index (χ0) is 84.9. The Kier molecular flexibility index (Phi) is 29.6. The van der Waals surface area contributed by atoms with Gasteiger partial charge in [-0.25, -0.2) is 27.1 Å². The van der Waals surface area contributed by atoms with Gasteiger partial charge in [0, 0.05) is 61.3 Å². The molecule has 3 aromatic heterocycles. The number of benzene rings is 9. The molecular formula is C93H85F3N10O12S3. The van der Waals surface area contributed by atoms with Gasteiger partial charge in [0.1, 0.15) is 45.0 Å². The van der Waals surface area contributed by atoms with E-state index < -0.39 is 0 Å². The summed E-state index contributed by atoms with van der Waals surface area (Å²) < 4.78 is 54.1. The highest BCUT2D eigenvalue weighted by molar-refractivity contribution is 8.19. The summed E-state index contributed by atoms with van der Waals surface area (Å²) >= 11 is 2.71. The molecule has 0 bridgehead atoms. The quantitative estimate of drug-likeness (QED) is 0.0223. The molecule has 0 saturated carbocycles. The van der Waals surface area contributed by atoms with Crippen molar-refractivity contribution in [1.29, 1.82) is 0 Å². The average Bonchev–Trinajstić information content (AvgIpc) is 1.77. The summed E-state index contributed by atoms with van der Waals surface area (Å²) in [7, 11) is 0. The number of thioether (sulfide) groups is 3. The van der Waals surface area contributed by atoms with Crippen molar-refractivity contribution in [3.05, 3.63) is 286 Å². The number of hydrogen-bond acceptors (Lipinski definition) is 22. The minimum absolute atomic E-state index is 0.0560. The maximum atomic E-state index is 13.1. The molecule has 3 saturated heterocycles. The first-order valence-corrected chi connectivity index (χ1v) is 42.4. The lowest BCUT2D eigenvalue weighted by Gasteiger charge is -2.12. The highest BCUT2D eigenvalue weighted by Gasteiger charge is 2.37. The monoisotopic (exact) mass is 1690 g/mol. The van der Waals surface area contributed by atoms with Crippen LogP contribution in [0.15, 0.2) is 211 Å². The van der Waals surface area contributed by atoms with Crippen LogP contribution in [0.1, 0.15) is 189 Å². The van der Waals surface area contributed by atoms with Crippen molar-refractivity contribution in [2.45, 2.75) is 136 Å². The van der Waals surface area contributed by atoms with Gasteiger partial charge >= 0.3 is 0 Å². The van der Waals surface area contributed by atoms with Gasteiger partial charge in [-0.1, -0.05) is 172 Å². The molecule has 0 atom stereocenters. The Morgan fingerprint density at radius 1 is 0.347 bits per heavy atom. The highest BCUT2D eigenvalue weighted by Crippen LogP contribution is 2.37. The molecule has 9 aromatic carbocycles. The van der Waals surface area contributed by atoms with Crippen LogP contribution in [-0.2, 0) is 27.2 Å². The molecule has 0 aliphatic carbocycles. The Balaban J connectivity index is 0.000000157. The van der Waals surface area contributed by atoms with Crippen molar-refractivity contribution in [3.63, 3.8) is 0 Å². The van der Waals surface area contributed by atoms with Crippen LogP contribution >= 0.6 is 35.3 Å². The zero-order valence-electron chi connectivity index (χ0n) is 66.7. The molecule has 0 unspecified atom stereocenters. The lowest BCUT2D eigenvalue weighted by Crippen LogP contribution is -2.29. The molecule has 3 aliphatic heterocycles. The van der Waals surface area contributed by atoms with Crippen LogP contribution in [0.5, 0.6) is 0 Å². The SMILES string of the molecule is Cc1ccc(Cc2ccc(C(=O)CCCCCCCN3C(=O)S/C(=C\c4ccc(F)cc4)C3=O)cc2)c2nonc12.Cc1ccc(Cc2ccc(C(=O)CCCCCN3C(=O)S/C(=C\c4ccc(F)cc4)C3=O)cc2)c2nonc12.Cc1ccc(Nc2ccccc2C(=O)CCCCCCCN2C(=O)S/C(=C\c3ccc(F)cc3)C2=O)c2nonc12. The van der Waals surface area contributed by atoms with Crippen LogP contribution in [0.3, 0.4) is 0 Å². The number of unbranched alkanes of at least 4 members (excludes halogenated alkanes) is 10. The molecule has 12 aromatic rings. The molecule has 3 aliphatic rings. The van der Waals surface area contributed by atoms with Crippen LogP contribution in [0, 0.1) is 38.2 Å². The maximum absolute atomic E-state index is 13.1. The smallest absolute Gasteiger partial charge is 0.293 e. The Bertz CT molecular complexity index is 5910. The second kappa shape index (κ2) is 41.4. The summed E-state index contributed by atoms with van der Waals surface area (Å²) in [6, 6.07) is 51.9. The van der Waals surface area contributed by atoms with Crippen molar-refractivity contribution >= 4 is 149 Å². The molecule has 15 rings (SSSR count). The first kappa shape index (κ1) is 86.3. The van der Waals surface area contributed by atoms with E-state index in [-0.39, 0.29) is 68.2 Å². The van der Waals surface area contributed by atoms with Crippen LogP contribution in [0.25, 0.3) is 51.3 Å². The highest BCUT2D eigenvalue weighted by atomic mass is 32.2. The number of imide groups is 3. The zero-order valence-corrected chi connectivity index (χ0v) is 69.1. The summed E-state index contributed by atoms with van der Waals surface area (Å²) in [6.07, 6.45) is 17.8. The average molecular weight is 1690 g/mol. The third-order valence-corrected chi connectivity index (χ3v) is 23.6. The third kappa shape index (κ3) is 22.7. The Labute approximate surface area is 708 Å². The van der Waals surface area contributed by atoms with Gasteiger partial charge in [0.15, 0.2) is 22.9 Å². The predicted molar refractivity (Wildman–Crippen MR) is 462 cm³/mol. The summed E-state index contributed by atoms with van der Waals surface area (Å²) in [5.74, 6) is -1.77. The fourth-order valence-corrected chi connectivity index (χ4v) is 16.6. The number of nitrogens with zero attached hydrogens (tertiary/aromatic N) is 9. The van der Waals surface area contributed by atoms with Gasteiger partial charge in [-0.05, 0) is 267 Å². The fraction of sp³-hybridized carbons (Fsp3) is 0.258. The lowest BCUT2D eigenvalue weighted by molar-refractivity contribution is -0.123. The van der Waals surface area contributed by atoms with E-state index in [1.165, 1.54) is 51.1 Å². The fourth-order valence-electron chi connectivity index (χ4n) is 14.0. The molecule has 121 heavy (non-hydrogen) atoms. The number of fused-ring (bicyclic) bond motifs is 3. The van der Waals surface area contributed by atoms with Crippen molar-refractivity contribution in [2.24, 2.45) is 0 Å². The van der Waals surface area contributed by atoms with Crippen LogP contribution in [-0.4, -0.2) is 116 Å². The molecule has 0 spiro atoms. The number of nitrogens with one attached hydrogen (secondary N) is 1. The van der Waals surface area contributed by atoms with E-state index in [2.05, 4.69) is 36.3 Å². The Morgan fingerprint density at radius 2 is 0.669 bits per heavy atom. The molecule has 618 valence electrons. The lowest BCUT2D eigenvalue weighted by atomic mass is 9.98. The first-order chi connectivity index (χ1) is 58.7. The number of anilines is 2. The number of carbonyl (C=O) groups excluding carboxylic acids is 9. The molecule has 3 fully saturated rings. The van der Waals surface area contributed by atoms with Gasteiger partial charge in [-0.3, -0.25) is 57.9 Å². The van der Waals surface area contributed by atoms with Crippen molar-refractivity contribution < 1.29 is 70.2 Å². The number of carbonyl (C=O) groups is 9. The minimum Gasteiger partial charge on any atom is -0.353 e. The van der Waals surface area contributed by atoms with E-state index in [1.807, 2.05) is 130 Å². The number of hydrogen-bond donors (Lipinski definition) is 1. The topological polar surface area (TPSA) is 292 Å². The van der Waals surface area contributed by atoms with E-state index in [9.17, 15) is 56.3 Å². The number of amides is 6. The largest absolute Gasteiger partial charge is 0.353 e. The van der Waals surface area contributed by atoms with Crippen LogP contribution in [0.2, 0.25) is 0 Å².